The van der Waals surface area contributed by atoms with Crippen LogP contribution in [0.2, 0.25) is 0 Å². The fourth-order valence-electron chi connectivity index (χ4n) is 1.45. The maximum atomic E-state index is 12.7. The Balaban J connectivity index is 2.16. The monoisotopic (exact) mass is 152 g/mol. The van der Waals surface area contributed by atoms with Crippen molar-refractivity contribution in [2.45, 2.75) is 37.1 Å². The van der Waals surface area contributed by atoms with E-state index >= 15 is 0 Å². The Morgan fingerprint density at radius 3 is 2.40 bits per heavy atom. The Hall–Kier alpha value is -0.250. The minimum absolute atomic E-state index is 0.132. The van der Waals surface area contributed by atoms with Gasteiger partial charge in [0.15, 0.2) is 6.10 Å². The first-order chi connectivity index (χ1) is 4.55. The van der Waals surface area contributed by atoms with Crippen LogP contribution in [-0.2, 0) is 4.74 Å². The zero-order chi connectivity index (χ0) is 7.41. The second-order valence-corrected chi connectivity index (χ2v) is 2.90. The maximum absolute atomic E-state index is 12.7. The van der Waals surface area contributed by atoms with Gasteiger partial charge >= 0.3 is 0 Å². The zero-order valence-electron chi connectivity index (χ0n) is 5.24. The van der Waals surface area contributed by atoms with Crippen LogP contribution in [-0.4, -0.2) is 17.9 Å². The number of hydrogen-bond donors (Lipinski definition) is 0. The lowest BCUT2D eigenvalue weighted by atomic mass is 9.95. The van der Waals surface area contributed by atoms with Gasteiger partial charge in [0.2, 0.25) is 5.85 Å². The fourth-order valence-corrected chi connectivity index (χ4v) is 1.45. The first kappa shape index (κ1) is 6.46. The Morgan fingerprint density at radius 1 is 1.20 bits per heavy atom. The average Bonchev–Trinajstić information content (AvgIpc) is 2.41. The molecule has 0 N–H and O–H groups in total. The molecule has 10 heavy (non-hydrogen) atoms. The average molecular weight is 152 g/mol. The quantitative estimate of drug-likeness (QED) is 0.483. The SMILES string of the molecule is FC1(F)CCC[C@]2(F)O[C@H]12. The fraction of sp³-hybridized carbons (Fsp3) is 1.00. The summed E-state index contributed by atoms with van der Waals surface area (Å²) >= 11 is 0. The predicted octanol–water partition coefficient (Wildman–Crippen LogP) is 1.87. The van der Waals surface area contributed by atoms with Crippen molar-refractivity contribution in [1.82, 2.24) is 0 Å². The van der Waals surface area contributed by atoms with Gasteiger partial charge in [-0.15, -0.1) is 0 Å². The van der Waals surface area contributed by atoms with Crippen LogP contribution in [0.15, 0.2) is 0 Å². The molecule has 0 spiro atoms. The van der Waals surface area contributed by atoms with E-state index in [1.165, 1.54) is 0 Å². The molecule has 0 amide bonds. The maximum Gasteiger partial charge on any atom is 0.279 e. The lowest BCUT2D eigenvalue weighted by Crippen LogP contribution is -2.33. The molecule has 0 aromatic rings. The molecular formula is C6H7F3O. The molecule has 0 radical (unpaired) electrons. The van der Waals surface area contributed by atoms with Gasteiger partial charge in [0.1, 0.15) is 0 Å². The Morgan fingerprint density at radius 2 is 1.90 bits per heavy atom. The number of halogens is 3. The van der Waals surface area contributed by atoms with Gasteiger partial charge in [0.25, 0.3) is 5.92 Å². The van der Waals surface area contributed by atoms with Crippen LogP contribution in [0.5, 0.6) is 0 Å². The van der Waals surface area contributed by atoms with Gasteiger partial charge in [0, 0.05) is 12.8 Å². The number of fused-ring (bicyclic) bond motifs is 1. The van der Waals surface area contributed by atoms with E-state index in [9.17, 15) is 13.2 Å². The molecule has 2 fully saturated rings. The highest BCUT2D eigenvalue weighted by atomic mass is 19.3. The summed E-state index contributed by atoms with van der Waals surface area (Å²) in [6.45, 7) is 0. The van der Waals surface area contributed by atoms with Crippen molar-refractivity contribution in [2.24, 2.45) is 0 Å². The van der Waals surface area contributed by atoms with Crippen LogP contribution in [0.1, 0.15) is 19.3 Å². The van der Waals surface area contributed by atoms with Gasteiger partial charge in [-0.1, -0.05) is 0 Å². The van der Waals surface area contributed by atoms with Crippen LogP contribution in [0.25, 0.3) is 0 Å². The van der Waals surface area contributed by atoms with Gasteiger partial charge in [-0.25, -0.2) is 13.2 Å². The lowest BCUT2D eigenvalue weighted by molar-refractivity contribution is -0.0458. The Kier molecular flexibility index (Phi) is 0.966. The van der Waals surface area contributed by atoms with Gasteiger partial charge in [0.05, 0.1) is 0 Å². The molecule has 1 aliphatic heterocycles. The molecule has 4 heteroatoms. The number of rotatable bonds is 0. The highest BCUT2D eigenvalue weighted by Gasteiger charge is 2.71. The number of alkyl halides is 3. The van der Waals surface area contributed by atoms with Crippen LogP contribution in [0.3, 0.4) is 0 Å². The van der Waals surface area contributed by atoms with E-state index in [4.69, 9.17) is 0 Å². The van der Waals surface area contributed by atoms with Crippen molar-refractivity contribution in [3.63, 3.8) is 0 Å². The van der Waals surface area contributed by atoms with Crippen LogP contribution in [0.4, 0.5) is 13.2 Å². The summed E-state index contributed by atoms with van der Waals surface area (Å²) in [5, 5.41) is 0. The van der Waals surface area contributed by atoms with Gasteiger partial charge in [-0.2, -0.15) is 0 Å². The van der Waals surface area contributed by atoms with E-state index in [-0.39, 0.29) is 19.3 Å². The zero-order valence-corrected chi connectivity index (χ0v) is 5.24. The third kappa shape index (κ3) is 0.682. The van der Waals surface area contributed by atoms with Crippen LogP contribution in [0, 0.1) is 0 Å². The third-order valence-corrected chi connectivity index (χ3v) is 2.06. The van der Waals surface area contributed by atoms with E-state index in [2.05, 4.69) is 4.74 Å². The molecule has 58 valence electrons. The van der Waals surface area contributed by atoms with Crippen molar-refractivity contribution < 1.29 is 17.9 Å². The van der Waals surface area contributed by atoms with Gasteiger partial charge < -0.3 is 4.74 Å². The topological polar surface area (TPSA) is 12.5 Å². The van der Waals surface area contributed by atoms with Crippen LogP contribution < -0.4 is 0 Å². The minimum Gasteiger partial charge on any atom is -0.328 e. The van der Waals surface area contributed by atoms with Crippen molar-refractivity contribution >= 4 is 0 Å². The molecule has 0 unspecified atom stereocenters. The normalized spacial score (nSPS) is 50.1. The summed E-state index contributed by atoms with van der Waals surface area (Å²) in [6, 6.07) is 0. The number of epoxide rings is 1. The largest absolute Gasteiger partial charge is 0.328 e. The highest BCUT2D eigenvalue weighted by molar-refractivity contribution is 5.05. The smallest absolute Gasteiger partial charge is 0.279 e. The summed E-state index contributed by atoms with van der Waals surface area (Å²) in [7, 11) is 0. The van der Waals surface area contributed by atoms with E-state index in [0.717, 1.165) is 0 Å². The molecule has 1 saturated carbocycles. The molecular weight excluding hydrogens is 145 g/mol. The first-order valence-electron chi connectivity index (χ1n) is 3.29. The summed E-state index contributed by atoms with van der Waals surface area (Å²) in [5.74, 6) is -4.89. The summed E-state index contributed by atoms with van der Waals surface area (Å²) in [5.41, 5.74) is 0. The van der Waals surface area contributed by atoms with Crippen molar-refractivity contribution in [3.8, 4) is 0 Å². The first-order valence-corrected chi connectivity index (χ1v) is 3.29. The van der Waals surface area contributed by atoms with Crippen molar-refractivity contribution in [3.05, 3.63) is 0 Å². The van der Waals surface area contributed by atoms with E-state index in [1.807, 2.05) is 0 Å². The molecule has 2 rings (SSSR count). The Bertz CT molecular complexity index is 170. The molecule has 1 aliphatic carbocycles. The molecule has 1 heterocycles. The standard InChI is InChI=1S/C6H7F3O/c7-5(8)2-1-3-6(9)4(5)10-6/h4H,1-3H2/t4-,6+/m1/s1. The van der Waals surface area contributed by atoms with E-state index < -0.39 is 17.9 Å². The second-order valence-electron chi connectivity index (χ2n) is 2.90. The molecule has 2 aliphatic rings. The molecule has 1 nitrogen and oxygen atoms in total. The lowest BCUT2D eigenvalue weighted by Gasteiger charge is -2.18. The number of ether oxygens (including phenoxy) is 1. The van der Waals surface area contributed by atoms with Crippen molar-refractivity contribution in [1.29, 1.82) is 0 Å². The highest BCUT2D eigenvalue weighted by Crippen LogP contribution is 2.55. The minimum atomic E-state index is -2.92. The Labute approximate surface area is 56.2 Å². The number of hydrogen-bond acceptors (Lipinski definition) is 1. The molecule has 1 saturated heterocycles. The molecule has 0 bridgehead atoms. The summed E-state index contributed by atoms with van der Waals surface area (Å²) in [4.78, 5) is 0. The molecule has 0 aromatic carbocycles. The second kappa shape index (κ2) is 1.49. The van der Waals surface area contributed by atoms with Crippen molar-refractivity contribution in [2.75, 3.05) is 0 Å². The predicted molar refractivity (Wildman–Crippen MR) is 27.5 cm³/mol. The molecule has 2 atom stereocenters. The van der Waals surface area contributed by atoms with E-state index in [0.29, 0.717) is 0 Å². The van der Waals surface area contributed by atoms with Gasteiger partial charge in [-0.3, -0.25) is 0 Å². The summed E-state index contributed by atoms with van der Waals surface area (Å²) in [6.07, 6.45) is -1.31. The van der Waals surface area contributed by atoms with E-state index in [1.54, 1.807) is 0 Å². The summed E-state index contributed by atoms with van der Waals surface area (Å²) < 4.78 is 42.0. The van der Waals surface area contributed by atoms with Gasteiger partial charge in [-0.05, 0) is 6.42 Å². The van der Waals surface area contributed by atoms with Crippen LogP contribution >= 0.6 is 0 Å². The third-order valence-electron chi connectivity index (χ3n) is 2.06. The molecule has 0 aromatic heterocycles.